The molecule has 4 rings (SSSR count). The molecule has 4 heterocycles. The Morgan fingerprint density at radius 1 is 1.00 bits per heavy atom. The fourth-order valence-corrected chi connectivity index (χ4v) is 3.11. The number of anilines is 3. The van der Waals surface area contributed by atoms with Crippen molar-refractivity contribution in [1.29, 1.82) is 0 Å². The van der Waals surface area contributed by atoms with E-state index in [4.69, 9.17) is 4.98 Å². The maximum Gasteiger partial charge on any atom is 0.228 e. The third-order valence-corrected chi connectivity index (χ3v) is 4.29. The van der Waals surface area contributed by atoms with Gasteiger partial charge in [-0.25, -0.2) is 19.9 Å². The molecule has 1 aliphatic heterocycles. The van der Waals surface area contributed by atoms with Crippen LogP contribution in [0.3, 0.4) is 0 Å². The van der Waals surface area contributed by atoms with Crippen molar-refractivity contribution in [2.75, 3.05) is 23.3 Å². The van der Waals surface area contributed by atoms with E-state index in [0.29, 0.717) is 11.9 Å². The van der Waals surface area contributed by atoms with Crippen LogP contribution in [0.2, 0.25) is 0 Å². The number of nitrogens with zero attached hydrogens (tertiary/aromatic N) is 6. The highest BCUT2D eigenvalue weighted by atomic mass is 15.2. The van der Waals surface area contributed by atoms with Crippen molar-refractivity contribution in [2.24, 2.45) is 0 Å². The van der Waals surface area contributed by atoms with Crippen molar-refractivity contribution >= 4 is 17.6 Å². The van der Waals surface area contributed by atoms with Gasteiger partial charge in [0.25, 0.3) is 0 Å². The van der Waals surface area contributed by atoms with Gasteiger partial charge >= 0.3 is 0 Å². The number of hydrogen-bond acceptors (Lipinski definition) is 7. The van der Waals surface area contributed by atoms with Crippen LogP contribution in [0.15, 0.2) is 55.2 Å². The van der Waals surface area contributed by atoms with Crippen molar-refractivity contribution in [1.82, 2.24) is 24.9 Å². The highest BCUT2D eigenvalue weighted by Crippen LogP contribution is 2.28. The molecule has 126 valence electrons. The van der Waals surface area contributed by atoms with Gasteiger partial charge in [0, 0.05) is 49.5 Å². The summed E-state index contributed by atoms with van der Waals surface area (Å²) in [6, 6.07) is 7.83. The summed E-state index contributed by atoms with van der Waals surface area (Å²) in [5.41, 5.74) is 1.08. The summed E-state index contributed by atoms with van der Waals surface area (Å²) in [4.78, 5) is 24.0. The lowest BCUT2D eigenvalue weighted by molar-refractivity contribution is 0.498. The van der Waals surface area contributed by atoms with Gasteiger partial charge in [-0.05, 0) is 31.0 Å². The Balaban J connectivity index is 1.50. The van der Waals surface area contributed by atoms with Crippen molar-refractivity contribution < 1.29 is 0 Å². The van der Waals surface area contributed by atoms with Crippen molar-refractivity contribution in [2.45, 2.75) is 18.8 Å². The van der Waals surface area contributed by atoms with Crippen LogP contribution in [0.25, 0.3) is 0 Å². The lowest BCUT2D eigenvalue weighted by Gasteiger charge is -2.33. The zero-order valence-corrected chi connectivity index (χ0v) is 13.8. The van der Waals surface area contributed by atoms with Gasteiger partial charge in [0.2, 0.25) is 5.95 Å². The van der Waals surface area contributed by atoms with Gasteiger partial charge in [-0.1, -0.05) is 6.07 Å². The number of piperidine rings is 1. The third kappa shape index (κ3) is 3.71. The Labute approximate surface area is 146 Å². The molecule has 1 fully saturated rings. The van der Waals surface area contributed by atoms with Crippen LogP contribution >= 0.6 is 0 Å². The number of rotatable bonds is 4. The number of aromatic nitrogens is 5. The maximum atomic E-state index is 4.77. The molecular formula is C18H19N7. The highest BCUT2D eigenvalue weighted by Gasteiger charge is 2.23. The van der Waals surface area contributed by atoms with Crippen LogP contribution in [0, 0.1) is 0 Å². The first-order valence-electron chi connectivity index (χ1n) is 8.40. The van der Waals surface area contributed by atoms with Gasteiger partial charge in [-0.15, -0.1) is 0 Å². The van der Waals surface area contributed by atoms with Gasteiger partial charge in [-0.2, -0.15) is 0 Å². The van der Waals surface area contributed by atoms with Crippen LogP contribution in [0.5, 0.6) is 0 Å². The van der Waals surface area contributed by atoms with E-state index in [0.717, 1.165) is 43.3 Å². The van der Waals surface area contributed by atoms with Crippen molar-refractivity contribution in [3.8, 4) is 0 Å². The maximum absolute atomic E-state index is 4.77. The molecule has 1 N–H and O–H groups in total. The van der Waals surface area contributed by atoms with Gasteiger partial charge in [0.05, 0.1) is 6.20 Å². The first-order chi connectivity index (χ1) is 12.4. The smallest absolute Gasteiger partial charge is 0.228 e. The van der Waals surface area contributed by atoms with Gasteiger partial charge < -0.3 is 10.2 Å². The minimum atomic E-state index is 0.370. The molecule has 0 radical (unpaired) electrons. The molecule has 1 saturated heterocycles. The lowest BCUT2D eigenvalue weighted by Crippen LogP contribution is -2.35. The van der Waals surface area contributed by atoms with Crippen LogP contribution < -0.4 is 10.2 Å². The fourth-order valence-electron chi connectivity index (χ4n) is 3.11. The minimum Gasteiger partial charge on any atom is -0.355 e. The predicted molar refractivity (Wildman–Crippen MR) is 95.8 cm³/mol. The topological polar surface area (TPSA) is 79.7 Å². The zero-order valence-electron chi connectivity index (χ0n) is 13.8. The molecule has 0 spiro atoms. The van der Waals surface area contributed by atoms with Crippen molar-refractivity contribution in [3.05, 3.63) is 60.9 Å². The first kappa shape index (κ1) is 15.4. The second kappa shape index (κ2) is 7.21. The molecule has 0 bridgehead atoms. The SMILES string of the molecule is c1cnc(Nc2cccc([C@H]3CCCN(c4cnccn4)C3)n2)nc1. The van der Waals surface area contributed by atoms with Gasteiger partial charge in [0.15, 0.2) is 0 Å². The monoisotopic (exact) mass is 333 g/mol. The molecule has 0 unspecified atom stereocenters. The van der Waals surface area contributed by atoms with Crippen LogP contribution in [-0.4, -0.2) is 38.0 Å². The summed E-state index contributed by atoms with van der Waals surface area (Å²) < 4.78 is 0. The number of nitrogens with one attached hydrogen (secondary N) is 1. The molecule has 3 aromatic heterocycles. The molecule has 3 aromatic rings. The molecule has 25 heavy (non-hydrogen) atoms. The fraction of sp³-hybridized carbons (Fsp3) is 0.278. The zero-order chi connectivity index (χ0) is 16.9. The van der Waals surface area contributed by atoms with E-state index in [9.17, 15) is 0 Å². The Kier molecular flexibility index (Phi) is 4.45. The molecule has 1 aliphatic rings. The van der Waals surface area contributed by atoms with Crippen LogP contribution in [0.4, 0.5) is 17.6 Å². The molecule has 0 saturated carbocycles. The summed E-state index contributed by atoms with van der Waals surface area (Å²) in [5.74, 6) is 2.62. The molecular weight excluding hydrogens is 314 g/mol. The summed E-state index contributed by atoms with van der Waals surface area (Å²) in [6.45, 7) is 1.90. The molecule has 0 aliphatic carbocycles. The van der Waals surface area contributed by atoms with E-state index in [2.05, 4.69) is 36.2 Å². The van der Waals surface area contributed by atoms with E-state index >= 15 is 0 Å². The average molecular weight is 333 g/mol. The minimum absolute atomic E-state index is 0.370. The molecule has 0 aromatic carbocycles. The molecule has 1 atom stereocenters. The van der Waals surface area contributed by atoms with E-state index in [1.807, 2.05) is 18.3 Å². The summed E-state index contributed by atoms with van der Waals surface area (Å²) in [5, 5.41) is 3.16. The van der Waals surface area contributed by atoms with Gasteiger partial charge in [0.1, 0.15) is 11.6 Å². The number of pyridine rings is 1. The predicted octanol–water partition coefficient (Wildman–Crippen LogP) is 2.79. The second-order valence-corrected chi connectivity index (χ2v) is 5.99. The standard InChI is InChI=1S/C18H19N7/c1-5-15(23-16(6-1)24-18-21-7-3-8-22-18)14-4-2-11-25(13-14)17-12-19-9-10-20-17/h1,3,5-10,12,14H,2,4,11,13H2,(H,21,22,23,24)/t14-/m0/s1. The van der Waals surface area contributed by atoms with Crippen LogP contribution in [0.1, 0.15) is 24.5 Å². The second-order valence-electron chi connectivity index (χ2n) is 5.99. The Morgan fingerprint density at radius 2 is 1.92 bits per heavy atom. The van der Waals surface area contributed by atoms with E-state index in [-0.39, 0.29) is 0 Å². The van der Waals surface area contributed by atoms with E-state index < -0.39 is 0 Å². The Morgan fingerprint density at radius 3 is 2.76 bits per heavy atom. The lowest BCUT2D eigenvalue weighted by atomic mass is 9.94. The summed E-state index contributed by atoms with van der Waals surface area (Å²) in [6.07, 6.45) is 10.9. The first-order valence-corrected chi connectivity index (χ1v) is 8.40. The van der Waals surface area contributed by atoms with E-state index in [1.54, 1.807) is 30.9 Å². The quantitative estimate of drug-likeness (QED) is 0.786. The average Bonchev–Trinajstić information content (AvgIpc) is 2.70. The highest BCUT2D eigenvalue weighted by molar-refractivity contribution is 5.47. The molecule has 7 heteroatoms. The largest absolute Gasteiger partial charge is 0.355 e. The Hall–Kier alpha value is -3.09. The van der Waals surface area contributed by atoms with Crippen LogP contribution in [-0.2, 0) is 0 Å². The third-order valence-electron chi connectivity index (χ3n) is 4.29. The number of hydrogen-bond donors (Lipinski definition) is 1. The summed E-state index contributed by atoms with van der Waals surface area (Å²) in [7, 11) is 0. The molecule has 7 nitrogen and oxygen atoms in total. The molecule has 0 amide bonds. The van der Waals surface area contributed by atoms with E-state index in [1.165, 1.54) is 0 Å². The van der Waals surface area contributed by atoms with Crippen molar-refractivity contribution in [3.63, 3.8) is 0 Å². The summed E-state index contributed by atoms with van der Waals surface area (Å²) >= 11 is 0. The Bertz CT molecular complexity index is 810. The van der Waals surface area contributed by atoms with Gasteiger partial charge in [-0.3, -0.25) is 4.98 Å². The normalized spacial score (nSPS) is 17.3.